The number of pyridine rings is 1. The summed E-state index contributed by atoms with van der Waals surface area (Å²) in [6.07, 6.45) is 6.52. The number of ether oxygens (including phenoxy) is 1. The van der Waals surface area contributed by atoms with Gasteiger partial charge in [-0.1, -0.05) is 30.3 Å². The van der Waals surface area contributed by atoms with Gasteiger partial charge in [0, 0.05) is 13.6 Å². The minimum Gasteiger partial charge on any atom is -0.474 e. The Bertz CT molecular complexity index is 771. The maximum atomic E-state index is 6.23. The van der Waals surface area contributed by atoms with Crippen molar-refractivity contribution in [3.05, 3.63) is 52.1 Å². The van der Waals surface area contributed by atoms with Gasteiger partial charge < -0.3 is 9.64 Å². The van der Waals surface area contributed by atoms with Gasteiger partial charge in [-0.25, -0.2) is 9.98 Å². The average molecular weight is 430 g/mol. The number of aryl methyl sites for hydroxylation is 1. The number of nitrogens with zero attached hydrogens (tertiary/aromatic N) is 3. The van der Waals surface area contributed by atoms with Gasteiger partial charge in [0.1, 0.15) is 6.10 Å². The van der Waals surface area contributed by atoms with E-state index in [-0.39, 0.29) is 6.10 Å². The fourth-order valence-electron chi connectivity index (χ4n) is 3.40. The number of halogens is 1. The predicted molar refractivity (Wildman–Crippen MR) is 115 cm³/mol. The SMILES string of the molecule is CCN(C)/C=N/c1cc(Br)c(O[C@H]2CC[C@@H](c3ccccc3)CC2)nc1C. The van der Waals surface area contributed by atoms with Gasteiger partial charge in [-0.05, 0) is 73.0 Å². The molecule has 1 saturated carbocycles. The van der Waals surface area contributed by atoms with E-state index in [0.717, 1.165) is 48.1 Å². The molecule has 1 aliphatic rings. The van der Waals surface area contributed by atoms with Crippen LogP contribution in [0.15, 0.2) is 45.9 Å². The van der Waals surface area contributed by atoms with Crippen molar-refractivity contribution in [1.29, 1.82) is 0 Å². The van der Waals surface area contributed by atoms with Crippen LogP contribution in [0, 0.1) is 6.92 Å². The molecule has 2 aromatic rings. The lowest BCUT2D eigenvalue weighted by Crippen LogP contribution is -2.24. The second-order valence-electron chi connectivity index (χ2n) is 7.20. The van der Waals surface area contributed by atoms with E-state index in [9.17, 15) is 0 Å². The molecule has 1 aromatic heterocycles. The van der Waals surface area contributed by atoms with Crippen molar-refractivity contribution in [2.24, 2.45) is 4.99 Å². The number of hydrogen-bond acceptors (Lipinski definition) is 3. The zero-order valence-electron chi connectivity index (χ0n) is 16.4. The summed E-state index contributed by atoms with van der Waals surface area (Å²) >= 11 is 3.61. The largest absolute Gasteiger partial charge is 0.474 e. The Kier molecular flexibility index (Phi) is 6.89. The first-order valence-electron chi connectivity index (χ1n) is 9.70. The Hall–Kier alpha value is -1.88. The lowest BCUT2D eigenvalue weighted by atomic mass is 9.83. The fourth-order valence-corrected chi connectivity index (χ4v) is 3.80. The third-order valence-corrected chi connectivity index (χ3v) is 5.79. The van der Waals surface area contributed by atoms with Crippen LogP contribution in [0.5, 0.6) is 5.88 Å². The molecule has 1 fully saturated rings. The van der Waals surface area contributed by atoms with E-state index in [2.05, 4.69) is 63.2 Å². The van der Waals surface area contributed by atoms with Gasteiger partial charge in [0.25, 0.3) is 0 Å². The number of aliphatic imine (C=N–C) groups is 1. The van der Waals surface area contributed by atoms with Crippen LogP contribution < -0.4 is 4.74 Å². The van der Waals surface area contributed by atoms with Crippen molar-refractivity contribution in [2.75, 3.05) is 13.6 Å². The lowest BCUT2D eigenvalue weighted by Gasteiger charge is -2.29. The fraction of sp³-hybridized carbons (Fsp3) is 0.455. The number of aromatic nitrogens is 1. The van der Waals surface area contributed by atoms with E-state index in [0.29, 0.717) is 11.8 Å². The maximum Gasteiger partial charge on any atom is 0.228 e. The topological polar surface area (TPSA) is 37.7 Å². The molecule has 0 amide bonds. The smallest absolute Gasteiger partial charge is 0.228 e. The van der Waals surface area contributed by atoms with Crippen molar-refractivity contribution in [3.8, 4) is 5.88 Å². The predicted octanol–water partition coefficient (Wildman–Crippen LogP) is 5.87. The van der Waals surface area contributed by atoms with E-state index in [1.807, 2.05) is 31.3 Å². The molecular weight excluding hydrogens is 402 g/mol. The Morgan fingerprint density at radius 3 is 2.59 bits per heavy atom. The molecule has 0 unspecified atom stereocenters. The molecule has 1 heterocycles. The highest BCUT2D eigenvalue weighted by Gasteiger charge is 2.24. The van der Waals surface area contributed by atoms with Crippen LogP contribution in [-0.2, 0) is 0 Å². The monoisotopic (exact) mass is 429 g/mol. The van der Waals surface area contributed by atoms with Crippen LogP contribution in [0.2, 0.25) is 0 Å². The maximum absolute atomic E-state index is 6.23. The minimum absolute atomic E-state index is 0.230. The Labute approximate surface area is 170 Å². The van der Waals surface area contributed by atoms with Crippen LogP contribution in [0.3, 0.4) is 0 Å². The second-order valence-corrected chi connectivity index (χ2v) is 8.05. The first-order valence-corrected chi connectivity index (χ1v) is 10.5. The van der Waals surface area contributed by atoms with Crippen molar-refractivity contribution in [2.45, 2.75) is 51.6 Å². The first-order chi connectivity index (χ1) is 13.1. The molecule has 0 N–H and O–H groups in total. The third-order valence-electron chi connectivity index (χ3n) is 5.22. The zero-order chi connectivity index (χ0) is 19.2. The van der Waals surface area contributed by atoms with Gasteiger partial charge in [-0.15, -0.1) is 0 Å². The highest BCUT2D eigenvalue weighted by atomic mass is 79.9. The molecule has 1 aromatic carbocycles. The molecule has 3 rings (SSSR count). The van der Waals surface area contributed by atoms with Gasteiger partial charge in [-0.3, -0.25) is 0 Å². The number of rotatable bonds is 6. The van der Waals surface area contributed by atoms with Gasteiger partial charge in [-0.2, -0.15) is 0 Å². The molecule has 4 nitrogen and oxygen atoms in total. The first kappa shape index (κ1) is 19.9. The quantitative estimate of drug-likeness (QED) is 0.425. The Morgan fingerprint density at radius 1 is 1.22 bits per heavy atom. The molecule has 5 heteroatoms. The normalized spacial score (nSPS) is 20.0. The molecule has 0 bridgehead atoms. The second kappa shape index (κ2) is 9.36. The highest BCUT2D eigenvalue weighted by molar-refractivity contribution is 9.10. The van der Waals surface area contributed by atoms with Gasteiger partial charge >= 0.3 is 0 Å². The standard InChI is InChI=1S/C22H28BrN3O/c1-4-26(3)15-24-21-14-20(23)22(25-16(21)2)27-19-12-10-18(11-13-19)17-8-6-5-7-9-17/h5-9,14-15,18-19H,4,10-13H2,1-3H3/b24-15+/t18-,19+. The van der Waals surface area contributed by atoms with Crippen LogP contribution in [0.4, 0.5) is 5.69 Å². The Balaban J connectivity index is 1.61. The van der Waals surface area contributed by atoms with Crippen molar-refractivity contribution < 1.29 is 4.74 Å². The molecule has 144 valence electrons. The number of hydrogen-bond donors (Lipinski definition) is 0. The molecule has 0 saturated heterocycles. The van der Waals surface area contributed by atoms with Crippen LogP contribution >= 0.6 is 15.9 Å². The average Bonchev–Trinajstić information content (AvgIpc) is 2.70. The molecule has 27 heavy (non-hydrogen) atoms. The third kappa shape index (κ3) is 5.32. The van der Waals surface area contributed by atoms with Gasteiger partial charge in [0.2, 0.25) is 5.88 Å². The Morgan fingerprint density at radius 2 is 1.93 bits per heavy atom. The summed E-state index contributed by atoms with van der Waals surface area (Å²) in [5.74, 6) is 1.33. The van der Waals surface area contributed by atoms with E-state index in [1.54, 1.807) is 0 Å². The molecule has 0 radical (unpaired) electrons. The van der Waals surface area contributed by atoms with Crippen molar-refractivity contribution in [1.82, 2.24) is 9.88 Å². The molecule has 1 aliphatic carbocycles. The van der Waals surface area contributed by atoms with E-state index in [4.69, 9.17) is 4.74 Å². The summed E-state index contributed by atoms with van der Waals surface area (Å²) in [5, 5.41) is 0. The summed E-state index contributed by atoms with van der Waals surface area (Å²) in [6.45, 7) is 4.99. The lowest BCUT2D eigenvalue weighted by molar-refractivity contribution is 0.139. The molecule has 0 atom stereocenters. The van der Waals surface area contributed by atoms with E-state index in [1.165, 1.54) is 5.56 Å². The molecule has 0 spiro atoms. The van der Waals surface area contributed by atoms with Gasteiger partial charge in [0.15, 0.2) is 0 Å². The van der Waals surface area contributed by atoms with Crippen molar-refractivity contribution >= 4 is 28.0 Å². The van der Waals surface area contributed by atoms with Crippen LogP contribution in [0.25, 0.3) is 0 Å². The summed E-state index contributed by atoms with van der Waals surface area (Å²) in [7, 11) is 2.00. The van der Waals surface area contributed by atoms with Crippen LogP contribution in [-0.4, -0.2) is 35.9 Å². The van der Waals surface area contributed by atoms with Crippen molar-refractivity contribution in [3.63, 3.8) is 0 Å². The van der Waals surface area contributed by atoms with E-state index >= 15 is 0 Å². The summed E-state index contributed by atoms with van der Waals surface area (Å²) in [6, 6.07) is 12.8. The van der Waals surface area contributed by atoms with E-state index < -0.39 is 0 Å². The molecular formula is C22H28BrN3O. The number of benzene rings is 1. The molecule has 0 aliphatic heterocycles. The minimum atomic E-state index is 0.230. The summed E-state index contributed by atoms with van der Waals surface area (Å²) < 4.78 is 7.10. The van der Waals surface area contributed by atoms with Gasteiger partial charge in [0.05, 0.1) is 22.2 Å². The zero-order valence-corrected chi connectivity index (χ0v) is 17.9. The highest BCUT2D eigenvalue weighted by Crippen LogP contribution is 2.36. The van der Waals surface area contributed by atoms with Crippen LogP contribution in [0.1, 0.15) is 49.8 Å². The summed E-state index contributed by atoms with van der Waals surface area (Å²) in [5.41, 5.74) is 3.19. The summed E-state index contributed by atoms with van der Waals surface area (Å²) in [4.78, 5) is 11.2.